The van der Waals surface area contributed by atoms with Crippen molar-refractivity contribution in [2.45, 2.75) is 58.8 Å². The van der Waals surface area contributed by atoms with Crippen molar-refractivity contribution in [2.24, 2.45) is 11.8 Å². The van der Waals surface area contributed by atoms with Gasteiger partial charge < -0.3 is 0 Å². The number of benzene rings is 1. The highest BCUT2D eigenvalue weighted by Crippen LogP contribution is 2.45. The van der Waals surface area contributed by atoms with Crippen LogP contribution in [0.3, 0.4) is 0 Å². The van der Waals surface area contributed by atoms with Crippen LogP contribution in [-0.2, 0) is 25.7 Å². The van der Waals surface area contributed by atoms with E-state index in [4.69, 9.17) is 4.98 Å². The molecule has 2 aromatic heterocycles. The molecular weight excluding hydrogens is 334 g/mol. The molecule has 0 fully saturated rings. The van der Waals surface area contributed by atoms with Crippen LogP contribution in [-0.4, -0.2) is 4.98 Å². The molecule has 2 aliphatic carbocycles. The third-order valence-electron chi connectivity index (χ3n) is 6.55. The molecule has 2 atom stereocenters. The molecule has 26 heavy (non-hydrogen) atoms. The second-order valence-electron chi connectivity index (χ2n) is 8.33. The standard InChI is InChI=1S/C24H27NS/c1-3-16-10-12-20-19(14-16)22(17-7-5-4-6-8-17)23-18-11-9-15(2)13-21(18)26-24(23)25-20/h4-8,15-16H,3,9-14H2,1-2H3. The average Bonchev–Trinajstić information content (AvgIpc) is 3.03. The molecule has 2 heteroatoms. The van der Waals surface area contributed by atoms with Gasteiger partial charge in [0.05, 0.1) is 0 Å². The predicted molar refractivity (Wildman–Crippen MR) is 112 cm³/mol. The summed E-state index contributed by atoms with van der Waals surface area (Å²) in [6.07, 6.45) is 8.74. The second-order valence-corrected chi connectivity index (χ2v) is 9.41. The Morgan fingerprint density at radius 1 is 1.04 bits per heavy atom. The van der Waals surface area contributed by atoms with E-state index in [-0.39, 0.29) is 0 Å². The van der Waals surface area contributed by atoms with Gasteiger partial charge in [0.15, 0.2) is 0 Å². The van der Waals surface area contributed by atoms with Crippen molar-refractivity contribution in [3.63, 3.8) is 0 Å². The maximum atomic E-state index is 5.22. The second kappa shape index (κ2) is 6.49. The van der Waals surface area contributed by atoms with Gasteiger partial charge in [-0.15, -0.1) is 11.3 Å². The molecular formula is C24H27NS. The van der Waals surface area contributed by atoms with E-state index < -0.39 is 0 Å². The first kappa shape index (κ1) is 16.5. The molecule has 0 saturated carbocycles. The molecule has 2 unspecified atom stereocenters. The van der Waals surface area contributed by atoms with Crippen LogP contribution in [0.4, 0.5) is 0 Å². The summed E-state index contributed by atoms with van der Waals surface area (Å²) in [6, 6.07) is 11.1. The first-order chi connectivity index (χ1) is 12.7. The zero-order valence-corrected chi connectivity index (χ0v) is 16.7. The molecule has 0 aliphatic heterocycles. The number of fused-ring (bicyclic) bond motifs is 4. The fraction of sp³-hybridized carbons (Fsp3) is 0.458. The summed E-state index contributed by atoms with van der Waals surface area (Å²) in [7, 11) is 0. The van der Waals surface area contributed by atoms with Crippen LogP contribution in [0.1, 0.15) is 54.8 Å². The van der Waals surface area contributed by atoms with Crippen molar-refractivity contribution in [2.75, 3.05) is 0 Å². The highest BCUT2D eigenvalue weighted by Gasteiger charge is 2.28. The highest BCUT2D eigenvalue weighted by atomic mass is 32.1. The number of pyridine rings is 1. The summed E-state index contributed by atoms with van der Waals surface area (Å²) in [5.74, 6) is 1.63. The Balaban J connectivity index is 1.82. The predicted octanol–water partition coefficient (Wildman–Crippen LogP) is 6.60. The van der Waals surface area contributed by atoms with Gasteiger partial charge in [-0.25, -0.2) is 4.98 Å². The minimum Gasteiger partial charge on any atom is -0.242 e. The largest absolute Gasteiger partial charge is 0.242 e. The first-order valence-electron chi connectivity index (χ1n) is 10.3. The van der Waals surface area contributed by atoms with Crippen molar-refractivity contribution >= 4 is 21.6 Å². The third-order valence-corrected chi connectivity index (χ3v) is 7.70. The van der Waals surface area contributed by atoms with Gasteiger partial charge in [-0.05, 0) is 72.6 Å². The fourth-order valence-electron chi connectivity index (χ4n) is 4.99. The molecule has 0 bridgehead atoms. The van der Waals surface area contributed by atoms with Gasteiger partial charge in [0.1, 0.15) is 4.83 Å². The number of aryl methyl sites for hydroxylation is 2. The quantitative estimate of drug-likeness (QED) is 0.501. The lowest BCUT2D eigenvalue weighted by atomic mass is 9.79. The monoisotopic (exact) mass is 361 g/mol. The number of rotatable bonds is 2. The molecule has 2 aliphatic rings. The lowest BCUT2D eigenvalue weighted by molar-refractivity contribution is 0.441. The van der Waals surface area contributed by atoms with Gasteiger partial charge in [0.2, 0.25) is 0 Å². The molecule has 0 radical (unpaired) electrons. The molecule has 3 aromatic rings. The van der Waals surface area contributed by atoms with E-state index in [1.54, 1.807) is 16.0 Å². The Morgan fingerprint density at radius 2 is 1.88 bits per heavy atom. The zero-order chi connectivity index (χ0) is 17.7. The summed E-state index contributed by atoms with van der Waals surface area (Å²) in [5.41, 5.74) is 7.48. The van der Waals surface area contributed by atoms with E-state index in [1.807, 2.05) is 11.3 Å². The van der Waals surface area contributed by atoms with E-state index in [0.717, 1.165) is 18.3 Å². The number of aromatic nitrogens is 1. The molecule has 2 heterocycles. The third kappa shape index (κ3) is 2.62. The van der Waals surface area contributed by atoms with Gasteiger partial charge in [-0.1, -0.05) is 50.6 Å². The number of hydrogen-bond donors (Lipinski definition) is 0. The Hall–Kier alpha value is -1.67. The SMILES string of the molecule is CCC1CCc2nc3sc4c(c3c(-c3ccccc3)c2C1)CCC(C)C4. The van der Waals surface area contributed by atoms with Gasteiger partial charge in [-0.2, -0.15) is 0 Å². The van der Waals surface area contributed by atoms with Gasteiger partial charge in [0.25, 0.3) is 0 Å². The lowest BCUT2D eigenvalue weighted by Crippen LogP contribution is -2.16. The first-order valence-corrected chi connectivity index (χ1v) is 11.1. The fourth-order valence-corrected chi connectivity index (χ4v) is 6.40. The van der Waals surface area contributed by atoms with E-state index in [9.17, 15) is 0 Å². The van der Waals surface area contributed by atoms with E-state index >= 15 is 0 Å². The van der Waals surface area contributed by atoms with E-state index in [1.165, 1.54) is 65.6 Å². The molecule has 0 amide bonds. The number of nitrogens with zero attached hydrogens (tertiary/aromatic N) is 1. The summed E-state index contributed by atoms with van der Waals surface area (Å²) in [6.45, 7) is 4.74. The summed E-state index contributed by atoms with van der Waals surface area (Å²) in [5, 5.41) is 1.50. The van der Waals surface area contributed by atoms with Crippen LogP contribution >= 0.6 is 11.3 Å². The molecule has 0 saturated heterocycles. The normalized spacial score (nSPS) is 22.2. The van der Waals surface area contributed by atoms with Crippen LogP contribution in [0.2, 0.25) is 0 Å². The van der Waals surface area contributed by atoms with E-state index in [0.29, 0.717) is 0 Å². The Kier molecular flexibility index (Phi) is 4.12. The van der Waals surface area contributed by atoms with Gasteiger partial charge in [-0.3, -0.25) is 0 Å². The van der Waals surface area contributed by atoms with Crippen LogP contribution in [0.15, 0.2) is 30.3 Å². The summed E-state index contributed by atoms with van der Waals surface area (Å²) >= 11 is 1.98. The minimum absolute atomic E-state index is 0.815. The minimum atomic E-state index is 0.815. The topological polar surface area (TPSA) is 12.9 Å². The van der Waals surface area contributed by atoms with Crippen LogP contribution in [0.5, 0.6) is 0 Å². The van der Waals surface area contributed by atoms with E-state index in [2.05, 4.69) is 44.2 Å². The lowest BCUT2D eigenvalue weighted by Gasteiger charge is -2.26. The Labute approximate surface area is 160 Å². The number of hydrogen-bond acceptors (Lipinski definition) is 2. The Bertz CT molecular complexity index is 953. The van der Waals surface area contributed by atoms with Crippen LogP contribution < -0.4 is 0 Å². The molecule has 1 aromatic carbocycles. The number of thiophene rings is 1. The zero-order valence-electron chi connectivity index (χ0n) is 15.8. The maximum absolute atomic E-state index is 5.22. The van der Waals surface area contributed by atoms with Crippen molar-refractivity contribution in [3.05, 3.63) is 52.0 Å². The highest BCUT2D eigenvalue weighted by molar-refractivity contribution is 7.19. The van der Waals surface area contributed by atoms with Gasteiger partial charge in [0, 0.05) is 16.0 Å². The molecule has 1 nitrogen and oxygen atoms in total. The molecule has 0 spiro atoms. The van der Waals surface area contributed by atoms with Crippen LogP contribution in [0, 0.1) is 11.8 Å². The van der Waals surface area contributed by atoms with Gasteiger partial charge >= 0.3 is 0 Å². The van der Waals surface area contributed by atoms with Crippen molar-refractivity contribution in [1.82, 2.24) is 4.98 Å². The molecule has 5 rings (SSSR count). The van der Waals surface area contributed by atoms with Crippen molar-refractivity contribution < 1.29 is 0 Å². The van der Waals surface area contributed by atoms with Crippen molar-refractivity contribution in [3.8, 4) is 11.1 Å². The smallest absolute Gasteiger partial charge is 0.124 e. The average molecular weight is 362 g/mol. The Morgan fingerprint density at radius 3 is 2.69 bits per heavy atom. The molecule has 134 valence electrons. The summed E-state index contributed by atoms with van der Waals surface area (Å²) < 4.78 is 0. The summed E-state index contributed by atoms with van der Waals surface area (Å²) in [4.78, 5) is 8.13. The van der Waals surface area contributed by atoms with Crippen LogP contribution in [0.25, 0.3) is 21.3 Å². The maximum Gasteiger partial charge on any atom is 0.124 e. The van der Waals surface area contributed by atoms with Crippen molar-refractivity contribution in [1.29, 1.82) is 0 Å². The molecule has 0 N–H and O–H groups in total.